The van der Waals surface area contributed by atoms with Crippen molar-refractivity contribution in [1.29, 1.82) is 0 Å². The van der Waals surface area contributed by atoms with Gasteiger partial charge in [0.1, 0.15) is 12.1 Å². The molecule has 24 heavy (non-hydrogen) atoms. The molecule has 0 radical (unpaired) electrons. The maximum atomic E-state index is 12.6. The molecule has 8 nitrogen and oxygen atoms in total. The molecule has 1 aliphatic rings. The number of amides is 1. The van der Waals surface area contributed by atoms with E-state index in [0.29, 0.717) is 30.0 Å². The summed E-state index contributed by atoms with van der Waals surface area (Å²) in [7, 11) is 0. The second kappa shape index (κ2) is 5.80. The number of nitrogens with zero attached hydrogens (tertiary/aromatic N) is 6. The van der Waals surface area contributed by atoms with Crippen LogP contribution in [0.15, 0.2) is 42.7 Å². The van der Waals surface area contributed by atoms with E-state index >= 15 is 0 Å². The van der Waals surface area contributed by atoms with Crippen molar-refractivity contribution in [1.82, 2.24) is 24.7 Å². The molecule has 2 aromatic heterocycles. The van der Waals surface area contributed by atoms with Crippen molar-refractivity contribution in [3.63, 3.8) is 0 Å². The van der Waals surface area contributed by atoms with E-state index in [1.807, 2.05) is 17.0 Å². The molecule has 0 atom stereocenters. The van der Waals surface area contributed by atoms with Crippen LogP contribution in [0, 0.1) is 0 Å². The largest absolute Gasteiger partial charge is 0.399 e. The van der Waals surface area contributed by atoms with Gasteiger partial charge in [-0.05, 0) is 30.3 Å². The van der Waals surface area contributed by atoms with Gasteiger partial charge in [0.2, 0.25) is 0 Å². The molecule has 0 bridgehead atoms. The summed E-state index contributed by atoms with van der Waals surface area (Å²) in [5.41, 5.74) is 7.71. The predicted molar refractivity (Wildman–Crippen MR) is 89.8 cm³/mol. The number of hydrogen-bond acceptors (Lipinski definition) is 6. The van der Waals surface area contributed by atoms with Crippen LogP contribution in [0.25, 0.3) is 5.65 Å². The van der Waals surface area contributed by atoms with E-state index in [0.717, 1.165) is 18.9 Å². The summed E-state index contributed by atoms with van der Waals surface area (Å²) in [4.78, 5) is 16.6. The Kier molecular flexibility index (Phi) is 3.49. The van der Waals surface area contributed by atoms with Crippen LogP contribution in [0.3, 0.4) is 0 Å². The molecular formula is C16H17N7O. The smallest absolute Gasteiger partial charge is 0.254 e. The molecule has 0 unspecified atom stereocenters. The second-order valence-electron chi connectivity index (χ2n) is 5.73. The van der Waals surface area contributed by atoms with E-state index in [4.69, 9.17) is 5.73 Å². The first-order valence-electron chi connectivity index (χ1n) is 7.77. The van der Waals surface area contributed by atoms with Crippen LogP contribution in [0.1, 0.15) is 10.4 Å². The van der Waals surface area contributed by atoms with Crippen LogP contribution >= 0.6 is 0 Å². The standard InChI is InChI=1S/C16H17N7O/c17-13-3-1-2-12(10-13)16(24)22-8-6-21(7-9-22)15-5-4-14-19-18-11-23(14)20-15/h1-5,10-11H,6-9,17H2. The quantitative estimate of drug-likeness (QED) is 0.697. The van der Waals surface area contributed by atoms with Crippen molar-refractivity contribution in [2.24, 2.45) is 0 Å². The number of nitrogen functional groups attached to an aromatic ring is 1. The Balaban J connectivity index is 1.45. The van der Waals surface area contributed by atoms with Crippen LogP contribution in [-0.2, 0) is 0 Å². The maximum Gasteiger partial charge on any atom is 0.254 e. The summed E-state index contributed by atoms with van der Waals surface area (Å²) in [6.45, 7) is 2.76. The molecule has 1 aliphatic heterocycles. The fourth-order valence-corrected chi connectivity index (χ4v) is 2.88. The van der Waals surface area contributed by atoms with E-state index in [1.165, 1.54) is 0 Å². The van der Waals surface area contributed by atoms with E-state index in [-0.39, 0.29) is 5.91 Å². The Hall–Kier alpha value is -3.16. The first-order valence-corrected chi connectivity index (χ1v) is 7.77. The lowest BCUT2D eigenvalue weighted by Crippen LogP contribution is -2.49. The summed E-state index contributed by atoms with van der Waals surface area (Å²) in [6.07, 6.45) is 1.58. The van der Waals surface area contributed by atoms with Crippen molar-refractivity contribution in [3.8, 4) is 0 Å². The number of carbonyl (C=O) groups is 1. The highest BCUT2D eigenvalue weighted by atomic mass is 16.2. The normalized spacial score (nSPS) is 15.0. The molecule has 1 saturated heterocycles. The molecule has 0 saturated carbocycles. The summed E-state index contributed by atoms with van der Waals surface area (Å²) < 4.78 is 1.65. The average molecular weight is 323 g/mol. The van der Waals surface area contributed by atoms with Crippen LogP contribution in [0.4, 0.5) is 11.5 Å². The first kappa shape index (κ1) is 14.4. The van der Waals surface area contributed by atoms with Crippen LogP contribution in [-0.4, -0.2) is 56.8 Å². The molecular weight excluding hydrogens is 306 g/mol. The minimum atomic E-state index is 0.0178. The Morgan fingerprint density at radius 1 is 1.08 bits per heavy atom. The number of carbonyl (C=O) groups excluding carboxylic acids is 1. The zero-order valence-electron chi connectivity index (χ0n) is 13.0. The number of benzene rings is 1. The molecule has 0 spiro atoms. The Labute approximate surface area is 138 Å². The fourth-order valence-electron chi connectivity index (χ4n) is 2.88. The summed E-state index contributed by atoms with van der Waals surface area (Å²) in [5.74, 6) is 0.877. The number of rotatable bonds is 2. The summed E-state index contributed by atoms with van der Waals surface area (Å²) in [5, 5.41) is 12.3. The Morgan fingerprint density at radius 3 is 2.71 bits per heavy atom. The van der Waals surface area contributed by atoms with Crippen molar-refractivity contribution in [2.45, 2.75) is 0 Å². The number of anilines is 2. The van der Waals surface area contributed by atoms with E-state index in [1.54, 1.807) is 35.1 Å². The molecule has 1 aromatic carbocycles. The SMILES string of the molecule is Nc1cccc(C(=O)N2CCN(c3ccc4nncn4n3)CC2)c1. The van der Waals surface area contributed by atoms with Gasteiger partial charge in [-0.2, -0.15) is 4.52 Å². The number of fused-ring (bicyclic) bond motifs is 1. The maximum absolute atomic E-state index is 12.6. The number of nitrogens with two attached hydrogens (primary N) is 1. The number of hydrogen-bond donors (Lipinski definition) is 1. The zero-order valence-corrected chi connectivity index (χ0v) is 13.0. The lowest BCUT2D eigenvalue weighted by molar-refractivity contribution is 0.0746. The highest BCUT2D eigenvalue weighted by molar-refractivity contribution is 5.95. The van der Waals surface area contributed by atoms with Gasteiger partial charge in [-0.15, -0.1) is 15.3 Å². The van der Waals surface area contributed by atoms with Gasteiger partial charge in [-0.1, -0.05) is 6.07 Å². The van der Waals surface area contributed by atoms with Gasteiger partial charge in [0.25, 0.3) is 5.91 Å². The zero-order chi connectivity index (χ0) is 16.5. The monoisotopic (exact) mass is 323 g/mol. The number of aromatic nitrogens is 4. The Morgan fingerprint density at radius 2 is 1.92 bits per heavy atom. The molecule has 3 heterocycles. The second-order valence-corrected chi connectivity index (χ2v) is 5.73. The van der Waals surface area contributed by atoms with E-state index in [2.05, 4.69) is 20.2 Å². The van der Waals surface area contributed by atoms with Gasteiger partial charge in [-0.25, -0.2) is 0 Å². The highest BCUT2D eigenvalue weighted by Crippen LogP contribution is 2.16. The molecule has 1 fully saturated rings. The topological polar surface area (TPSA) is 92.7 Å². The molecule has 2 N–H and O–H groups in total. The molecule has 8 heteroatoms. The minimum Gasteiger partial charge on any atom is -0.399 e. The van der Waals surface area contributed by atoms with Gasteiger partial charge < -0.3 is 15.5 Å². The van der Waals surface area contributed by atoms with Gasteiger partial charge in [0, 0.05) is 37.4 Å². The molecule has 3 aromatic rings. The molecule has 4 rings (SSSR count). The van der Waals surface area contributed by atoms with Gasteiger partial charge in [0.05, 0.1) is 0 Å². The third kappa shape index (κ3) is 2.62. The van der Waals surface area contributed by atoms with E-state index in [9.17, 15) is 4.79 Å². The predicted octanol–water partition coefficient (Wildman–Crippen LogP) is 0.669. The van der Waals surface area contributed by atoms with Gasteiger partial charge in [0.15, 0.2) is 5.65 Å². The van der Waals surface area contributed by atoms with Crippen molar-refractivity contribution in [2.75, 3.05) is 36.8 Å². The van der Waals surface area contributed by atoms with Crippen LogP contribution < -0.4 is 10.6 Å². The van der Waals surface area contributed by atoms with Crippen molar-refractivity contribution in [3.05, 3.63) is 48.3 Å². The average Bonchev–Trinajstić information content (AvgIpc) is 3.09. The molecule has 122 valence electrons. The molecule has 1 amide bonds. The third-order valence-electron chi connectivity index (χ3n) is 4.17. The fraction of sp³-hybridized carbons (Fsp3) is 0.250. The Bertz CT molecular complexity index is 883. The third-order valence-corrected chi connectivity index (χ3v) is 4.17. The van der Waals surface area contributed by atoms with Crippen molar-refractivity contribution < 1.29 is 4.79 Å². The lowest BCUT2D eigenvalue weighted by atomic mass is 10.1. The number of piperazine rings is 1. The van der Waals surface area contributed by atoms with Crippen LogP contribution in [0.5, 0.6) is 0 Å². The van der Waals surface area contributed by atoms with Gasteiger partial charge >= 0.3 is 0 Å². The lowest BCUT2D eigenvalue weighted by Gasteiger charge is -2.35. The summed E-state index contributed by atoms with van der Waals surface area (Å²) >= 11 is 0. The highest BCUT2D eigenvalue weighted by Gasteiger charge is 2.23. The van der Waals surface area contributed by atoms with Crippen LogP contribution in [0.2, 0.25) is 0 Å². The van der Waals surface area contributed by atoms with E-state index < -0.39 is 0 Å². The van der Waals surface area contributed by atoms with Crippen molar-refractivity contribution >= 4 is 23.1 Å². The minimum absolute atomic E-state index is 0.0178. The molecule has 0 aliphatic carbocycles. The van der Waals surface area contributed by atoms with Gasteiger partial charge in [-0.3, -0.25) is 4.79 Å². The summed E-state index contributed by atoms with van der Waals surface area (Å²) in [6, 6.07) is 10.9. The first-order chi connectivity index (χ1) is 11.7.